The van der Waals surface area contributed by atoms with Gasteiger partial charge in [-0.05, 0) is 12.1 Å². The fourth-order valence-corrected chi connectivity index (χ4v) is 1.43. The van der Waals surface area contributed by atoms with Crippen molar-refractivity contribution in [3.63, 3.8) is 0 Å². The first kappa shape index (κ1) is 13.7. The summed E-state index contributed by atoms with van der Waals surface area (Å²) in [5, 5.41) is 19.4. The van der Waals surface area contributed by atoms with E-state index in [1.807, 2.05) is 0 Å². The Balaban J connectivity index is 2.86. The minimum atomic E-state index is -1.39. The molecule has 0 aliphatic rings. The van der Waals surface area contributed by atoms with Gasteiger partial charge in [0.05, 0.1) is 12.2 Å². The average molecular weight is 279 g/mol. The second kappa shape index (κ2) is 5.81. The normalized spacial score (nSPS) is 11.9. The van der Waals surface area contributed by atoms with Crippen molar-refractivity contribution in [1.82, 2.24) is 10.3 Å². The molecule has 0 saturated heterocycles. The molecule has 6 nitrogen and oxygen atoms in total. The first-order valence-corrected chi connectivity index (χ1v) is 5.18. The van der Waals surface area contributed by atoms with Gasteiger partial charge in [-0.3, -0.25) is 4.79 Å². The maximum Gasteiger partial charge on any atom is 0.328 e. The van der Waals surface area contributed by atoms with Crippen LogP contribution < -0.4 is 5.32 Å². The number of hydrogen-bond donors (Lipinski definition) is 3. The van der Waals surface area contributed by atoms with Gasteiger partial charge in [0.15, 0.2) is 6.04 Å². The van der Waals surface area contributed by atoms with Crippen molar-refractivity contribution >= 4 is 35.1 Å². The van der Waals surface area contributed by atoms with Crippen LogP contribution in [-0.2, 0) is 4.79 Å². The lowest BCUT2D eigenvalue weighted by Gasteiger charge is -2.11. The van der Waals surface area contributed by atoms with Gasteiger partial charge in [-0.25, -0.2) is 9.78 Å². The number of rotatable bonds is 4. The van der Waals surface area contributed by atoms with Crippen LogP contribution >= 0.6 is 23.2 Å². The second-order valence-electron chi connectivity index (χ2n) is 3.02. The predicted molar refractivity (Wildman–Crippen MR) is 60.2 cm³/mol. The van der Waals surface area contributed by atoms with Gasteiger partial charge < -0.3 is 15.5 Å². The van der Waals surface area contributed by atoms with Crippen LogP contribution in [0.2, 0.25) is 10.3 Å². The summed E-state index contributed by atoms with van der Waals surface area (Å²) >= 11 is 11.2. The van der Waals surface area contributed by atoms with Crippen molar-refractivity contribution < 1.29 is 19.8 Å². The number of aliphatic carboxylic acids is 1. The molecular weight excluding hydrogens is 271 g/mol. The second-order valence-corrected chi connectivity index (χ2v) is 3.76. The fraction of sp³-hybridized carbons (Fsp3) is 0.222. The molecule has 92 valence electrons. The lowest BCUT2D eigenvalue weighted by Crippen LogP contribution is -2.43. The molecule has 0 spiro atoms. The van der Waals surface area contributed by atoms with Crippen LogP contribution in [0.3, 0.4) is 0 Å². The van der Waals surface area contributed by atoms with Gasteiger partial charge in [0.2, 0.25) is 0 Å². The molecule has 0 aliphatic heterocycles. The number of nitrogens with zero attached hydrogens (tertiary/aromatic N) is 1. The number of halogens is 2. The van der Waals surface area contributed by atoms with Crippen molar-refractivity contribution in [3.8, 4) is 0 Å². The van der Waals surface area contributed by atoms with E-state index in [0.717, 1.165) is 0 Å². The summed E-state index contributed by atoms with van der Waals surface area (Å²) in [5.74, 6) is -2.10. The Kier molecular flexibility index (Phi) is 4.68. The third-order valence-electron chi connectivity index (χ3n) is 1.85. The van der Waals surface area contributed by atoms with Gasteiger partial charge in [-0.2, -0.15) is 0 Å². The molecule has 0 bridgehead atoms. The molecule has 0 aliphatic carbocycles. The van der Waals surface area contributed by atoms with Gasteiger partial charge in [-0.1, -0.05) is 23.2 Å². The summed E-state index contributed by atoms with van der Waals surface area (Å²) in [5.41, 5.74) is -0.0178. The molecule has 0 unspecified atom stereocenters. The summed E-state index contributed by atoms with van der Waals surface area (Å²) in [7, 11) is 0. The van der Waals surface area contributed by atoms with E-state index in [1.54, 1.807) is 0 Å². The third-order valence-corrected chi connectivity index (χ3v) is 2.34. The zero-order chi connectivity index (χ0) is 13.0. The average Bonchev–Trinajstić information content (AvgIpc) is 2.24. The van der Waals surface area contributed by atoms with Gasteiger partial charge in [0.25, 0.3) is 5.91 Å². The number of hydrogen-bond acceptors (Lipinski definition) is 4. The van der Waals surface area contributed by atoms with Crippen LogP contribution in [0, 0.1) is 0 Å². The highest BCUT2D eigenvalue weighted by atomic mass is 35.5. The van der Waals surface area contributed by atoms with Crippen LogP contribution in [0.4, 0.5) is 0 Å². The summed E-state index contributed by atoms with van der Waals surface area (Å²) in [6.45, 7) is -0.723. The number of aliphatic hydroxyl groups is 1. The van der Waals surface area contributed by atoms with E-state index in [1.165, 1.54) is 12.1 Å². The molecule has 0 radical (unpaired) electrons. The van der Waals surface area contributed by atoms with E-state index in [9.17, 15) is 9.59 Å². The van der Waals surface area contributed by atoms with Crippen LogP contribution in [0.25, 0.3) is 0 Å². The Morgan fingerprint density at radius 2 is 2.06 bits per heavy atom. The largest absolute Gasteiger partial charge is 0.480 e. The van der Waals surface area contributed by atoms with E-state index < -0.39 is 24.5 Å². The maximum atomic E-state index is 11.6. The zero-order valence-electron chi connectivity index (χ0n) is 8.35. The number of nitrogens with one attached hydrogen (secondary N) is 1. The van der Waals surface area contributed by atoms with E-state index in [-0.39, 0.29) is 15.9 Å². The quantitative estimate of drug-likeness (QED) is 0.699. The molecule has 0 fully saturated rings. The molecule has 8 heteroatoms. The van der Waals surface area contributed by atoms with Crippen LogP contribution in [-0.4, -0.2) is 39.7 Å². The topological polar surface area (TPSA) is 99.5 Å². The van der Waals surface area contributed by atoms with E-state index in [2.05, 4.69) is 10.3 Å². The molecule has 1 aromatic rings. The zero-order valence-corrected chi connectivity index (χ0v) is 9.87. The van der Waals surface area contributed by atoms with Crippen LogP contribution in [0.1, 0.15) is 10.4 Å². The standard InChI is InChI=1S/C9H8Cl2N2O4/c10-6-2-1-4(7(11)13-6)8(15)12-5(3-14)9(16)17/h1-2,5,14H,3H2,(H,12,15)(H,16,17)/t5-/m0/s1. The number of pyridine rings is 1. The lowest BCUT2D eigenvalue weighted by atomic mass is 10.2. The molecular formula is C9H8Cl2N2O4. The Morgan fingerprint density at radius 3 is 2.53 bits per heavy atom. The first-order chi connectivity index (χ1) is 7.95. The molecule has 0 saturated carbocycles. The minimum Gasteiger partial charge on any atom is -0.480 e. The highest BCUT2D eigenvalue weighted by Gasteiger charge is 2.21. The molecule has 1 atom stereocenters. The number of amides is 1. The number of aliphatic hydroxyl groups excluding tert-OH is 1. The van der Waals surface area contributed by atoms with Gasteiger partial charge in [0, 0.05) is 0 Å². The third kappa shape index (κ3) is 3.55. The molecule has 17 heavy (non-hydrogen) atoms. The summed E-state index contributed by atoms with van der Waals surface area (Å²) in [6, 6.07) is 1.26. The summed E-state index contributed by atoms with van der Waals surface area (Å²) in [4.78, 5) is 25.8. The molecule has 1 aromatic heterocycles. The molecule has 1 amide bonds. The number of aromatic nitrogens is 1. The van der Waals surface area contributed by atoms with Gasteiger partial charge in [0.1, 0.15) is 10.3 Å². The summed E-state index contributed by atoms with van der Waals surface area (Å²) < 4.78 is 0. The summed E-state index contributed by atoms with van der Waals surface area (Å²) in [6.07, 6.45) is 0. The van der Waals surface area contributed by atoms with Crippen molar-refractivity contribution in [2.24, 2.45) is 0 Å². The van der Waals surface area contributed by atoms with Gasteiger partial charge >= 0.3 is 5.97 Å². The lowest BCUT2D eigenvalue weighted by molar-refractivity contribution is -0.140. The fourth-order valence-electron chi connectivity index (χ4n) is 1.00. The van der Waals surface area contributed by atoms with E-state index in [4.69, 9.17) is 33.4 Å². The Hall–Kier alpha value is -1.37. The SMILES string of the molecule is O=C(N[C@@H](CO)C(=O)O)c1ccc(Cl)nc1Cl. The molecule has 1 heterocycles. The van der Waals surface area contributed by atoms with E-state index in [0.29, 0.717) is 0 Å². The minimum absolute atomic E-state index is 0.0178. The number of carbonyl (C=O) groups is 2. The number of carboxylic acids is 1. The highest BCUT2D eigenvalue weighted by molar-refractivity contribution is 6.34. The van der Waals surface area contributed by atoms with Crippen LogP contribution in [0.5, 0.6) is 0 Å². The maximum absolute atomic E-state index is 11.6. The van der Waals surface area contributed by atoms with E-state index >= 15 is 0 Å². The van der Waals surface area contributed by atoms with Crippen LogP contribution in [0.15, 0.2) is 12.1 Å². The monoisotopic (exact) mass is 278 g/mol. The molecule has 0 aromatic carbocycles. The Bertz CT molecular complexity index is 453. The van der Waals surface area contributed by atoms with Crippen molar-refractivity contribution in [1.29, 1.82) is 0 Å². The van der Waals surface area contributed by atoms with Crippen molar-refractivity contribution in [2.75, 3.05) is 6.61 Å². The van der Waals surface area contributed by atoms with Crippen molar-refractivity contribution in [2.45, 2.75) is 6.04 Å². The molecule has 1 rings (SSSR count). The highest BCUT2D eigenvalue weighted by Crippen LogP contribution is 2.16. The van der Waals surface area contributed by atoms with Crippen molar-refractivity contribution in [3.05, 3.63) is 28.0 Å². The Morgan fingerprint density at radius 1 is 1.41 bits per heavy atom. The Labute approximate surface area is 106 Å². The van der Waals surface area contributed by atoms with Gasteiger partial charge in [-0.15, -0.1) is 0 Å². The predicted octanol–water partition coefficient (Wildman–Crippen LogP) is 0.564. The number of carbonyl (C=O) groups excluding carboxylic acids is 1. The number of carboxylic acid groups (broad SMARTS) is 1. The smallest absolute Gasteiger partial charge is 0.328 e. The first-order valence-electron chi connectivity index (χ1n) is 4.42. The molecule has 3 N–H and O–H groups in total.